The second-order valence-electron chi connectivity index (χ2n) is 8.37. The van der Waals surface area contributed by atoms with E-state index in [4.69, 9.17) is 0 Å². The molecule has 3 heterocycles. The van der Waals surface area contributed by atoms with Gasteiger partial charge in [-0.15, -0.1) is 16.4 Å². The average Bonchev–Trinajstić information content (AvgIpc) is 3.49. The van der Waals surface area contributed by atoms with Crippen LogP contribution in [0.4, 0.5) is 0 Å². The summed E-state index contributed by atoms with van der Waals surface area (Å²) in [5, 5.41) is 15.2. The van der Waals surface area contributed by atoms with Crippen molar-refractivity contribution in [2.24, 2.45) is 0 Å². The van der Waals surface area contributed by atoms with Crippen LogP contribution in [0.15, 0.2) is 79.0 Å². The molecule has 3 aromatic carbocycles. The van der Waals surface area contributed by atoms with E-state index in [1.54, 1.807) is 0 Å². The Kier molecular flexibility index (Phi) is 5.19. The van der Waals surface area contributed by atoms with Crippen LogP contribution in [-0.4, -0.2) is 52.6 Å². The Hall–Kier alpha value is -3.06. The van der Waals surface area contributed by atoms with Gasteiger partial charge in [0.05, 0.1) is 12.2 Å². The molecule has 0 aliphatic carbocycles. The maximum absolute atomic E-state index is 4.59. The van der Waals surface area contributed by atoms with E-state index in [1.165, 1.54) is 25.7 Å². The van der Waals surface area contributed by atoms with Crippen molar-refractivity contribution in [3.63, 3.8) is 0 Å². The van der Waals surface area contributed by atoms with Crippen LogP contribution in [0.5, 0.6) is 0 Å². The summed E-state index contributed by atoms with van der Waals surface area (Å²) in [5.41, 5.74) is 3.29. The predicted octanol–water partition coefficient (Wildman–Crippen LogP) is 4.81. The molecule has 1 fully saturated rings. The zero-order valence-corrected chi connectivity index (χ0v) is 18.6. The van der Waals surface area contributed by atoms with Crippen molar-refractivity contribution in [2.75, 3.05) is 32.7 Å². The Morgan fingerprint density at radius 1 is 0.875 bits per heavy atom. The molecule has 160 valence electrons. The third-order valence-corrected chi connectivity index (χ3v) is 7.48. The van der Waals surface area contributed by atoms with Crippen LogP contribution >= 0.6 is 11.3 Å². The van der Waals surface area contributed by atoms with Gasteiger partial charge < -0.3 is 5.32 Å². The average molecular weight is 440 g/mol. The highest BCUT2D eigenvalue weighted by Crippen LogP contribution is 2.36. The Labute approximate surface area is 191 Å². The second-order valence-corrected chi connectivity index (χ2v) is 9.45. The SMILES string of the molecule is c1ccc(-c2cn(C(CN3CCNCC3)c3ccc4sc5ccccc5c4c3)nn2)cc1. The molecular weight excluding hydrogens is 414 g/mol. The van der Waals surface area contributed by atoms with Gasteiger partial charge in [0, 0.05) is 58.5 Å². The largest absolute Gasteiger partial charge is 0.314 e. The molecule has 5 aromatic rings. The number of fused-ring (bicyclic) bond motifs is 3. The molecule has 0 spiro atoms. The number of nitrogens with one attached hydrogen (secondary N) is 1. The van der Waals surface area contributed by atoms with Crippen LogP contribution in [0, 0.1) is 0 Å². The molecule has 1 saturated heterocycles. The maximum Gasteiger partial charge on any atom is 0.113 e. The Morgan fingerprint density at radius 2 is 1.66 bits per heavy atom. The minimum atomic E-state index is 0.112. The summed E-state index contributed by atoms with van der Waals surface area (Å²) in [5.74, 6) is 0. The molecule has 1 aliphatic heterocycles. The van der Waals surface area contributed by atoms with Gasteiger partial charge >= 0.3 is 0 Å². The molecule has 0 amide bonds. The Morgan fingerprint density at radius 3 is 2.53 bits per heavy atom. The molecule has 6 heteroatoms. The first-order valence-corrected chi connectivity index (χ1v) is 12.0. The first-order valence-electron chi connectivity index (χ1n) is 11.2. The van der Waals surface area contributed by atoms with Crippen molar-refractivity contribution in [1.29, 1.82) is 0 Å². The summed E-state index contributed by atoms with van der Waals surface area (Å²) < 4.78 is 4.73. The van der Waals surface area contributed by atoms with E-state index in [9.17, 15) is 0 Å². The van der Waals surface area contributed by atoms with Gasteiger partial charge in [0.25, 0.3) is 0 Å². The Bertz CT molecular complexity index is 1350. The molecule has 1 N–H and O–H groups in total. The van der Waals surface area contributed by atoms with Gasteiger partial charge in [0.1, 0.15) is 5.69 Å². The van der Waals surface area contributed by atoms with Crippen LogP contribution in [0.2, 0.25) is 0 Å². The minimum absolute atomic E-state index is 0.112. The molecule has 1 unspecified atom stereocenters. The summed E-state index contributed by atoms with van der Waals surface area (Å²) in [6.45, 7) is 5.11. The third-order valence-electron chi connectivity index (χ3n) is 6.33. The highest BCUT2D eigenvalue weighted by atomic mass is 32.1. The lowest BCUT2D eigenvalue weighted by Crippen LogP contribution is -2.45. The lowest BCUT2D eigenvalue weighted by molar-refractivity contribution is 0.213. The van der Waals surface area contributed by atoms with E-state index in [-0.39, 0.29) is 6.04 Å². The zero-order chi connectivity index (χ0) is 21.3. The van der Waals surface area contributed by atoms with E-state index in [2.05, 4.69) is 86.0 Å². The minimum Gasteiger partial charge on any atom is -0.314 e. The van der Waals surface area contributed by atoms with Crippen LogP contribution < -0.4 is 5.32 Å². The highest BCUT2D eigenvalue weighted by molar-refractivity contribution is 7.25. The monoisotopic (exact) mass is 439 g/mol. The van der Waals surface area contributed by atoms with Gasteiger partial charge in [-0.25, -0.2) is 4.68 Å². The van der Waals surface area contributed by atoms with E-state index < -0.39 is 0 Å². The number of nitrogens with zero attached hydrogens (tertiary/aromatic N) is 4. The molecule has 0 saturated carbocycles. The number of piperazine rings is 1. The number of rotatable bonds is 5. The van der Waals surface area contributed by atoms with Crippen molar-refractivity contribution in [1.82, 2.24) is 25.2 Å². The van der Waals surface area contributed by atoms with Gasteiger partial charge in [0.2, 0.25) is 0 Å². The van der Waals surface area contributed by atoms with Crippen LogP contribution in [0.1, 0.15) is 11.6 Å². The summed E-state index contributed by atoms with van der Waals surface area (Å²) in [6.07, 6.45) is 2.10. The lowest BCUT2D eigenvalue weighted by atomic mass is 10.0. The maximum atomic E-state index is 4.59. The normalized spacial score (nSPS) is 16.0. The quantitative estimate of drug-likeness (QED) is 0.427. The van der Waals surface area contributed by atoms with Gasteiger partial charge in [-0.3, -0.25) is 4.90 Å². The third kappa shape index (κ3) is 3.71. The molecule has 1 atom stereocenters. The fourth-order valence-corrected chi connectivity index (χ4v) is 5.69. The lowest BCUT2D eigenvalue weighted by Gasteiger charge is -2.31. The van der Waals surface area contributed by atoms with Crippen LogP contribution in [0.25, 0.3) is 31.4 Å². The number of hydrogen-bond donors (Lipinski definition) is 1. The van der Waals surface area contributed by atoms with Crippen molar-refractivity contribution >= 4 is 31.5 Å². The number of benzene rings is 3. The zero-order valence-electron chi connectivity index (χ0n) is 17.8. The Balaban J connectivity index is 1.42. The first-order chi connectivity index (χ1) is 15.8. The number of hydrogen-bond acceptors (Lipinski definition) is 5. The smallest absolute Gasteiger partial charge is 0.113 e. The van der Waals surface area contributed by atoms with Gasteiger partial charge in [0.15, 0.2) is 0 Å². The van der Waals surface area contributed by atoms with Crippen molar-refractivity contribution < 1.29 is 0 Å². The fraction of sp³-hybridized carbons (Fsp3) is 0.231. The summed E-state index contributed by atoms with van der Waals surface area (Å²) in [7, 11) is 0. The van der Waals surface area contributed by atoms with Crippen LogP contribution in [0.3, 0.4) is 0 Å². The topological polar surface area (TPSA) is 46.0 Å². The van der Waals surface area contributed by atoms with Gasteiger partial charge in [-0.2, -0.15) is 0 Å². The van der Waals surface area contributed by atoms with E-state index in [0.717, 1.165) is 44.0 Å². The van der Waals surface area contributed by atoms with E-state index in [1.807, 2.05) is 29.5 Å². The van der Waals surface area contributed by atoms with E-state index >= 15 is 0 Å². The van der Waals surface area contributed by atoms with Crippen LogP contribution in [-0.2, 0) is 0 Å². The van der Waals surface area contributed by atoms with Gasteiger partial charge in [-0.05, 0) is 23.8 Å². The van der Waals surface area contributed by atoms with Crippen molar-refractivity contribution in [2.45, 2.75) is 6.04 Å². The first kappa shape index (κ1) is 19.6. The molecule has 0 radical (unpaired) electrons. The van der Waals surface area contributed by atoms with Gasteiger partial charge in [-0.1, -0.05) is 59.8 Å². The molecule has 32 heavy (non-hydrogen) atoms. The molecular formula is C26H25N5S. The number of aromatic nitrogens is 3. The second kappa shape index (κ2) is 8.47. The highest BCUT2D eigenvalue weighted by Gasteiger charge is 2.22. The molecule has 6 rings (SSSR count). The molecule has 0 bridgehead atoms. The summed E-state index contributed by atoms with van der Waals surface area (Å²) in [6, 6.07) is 26.0. The molecule has 2 aromatic heterocycles. The van der Waals surface area contributed by atoms with Crippen molar-refractivity contribution in [3.05, 3.63) is 84.6 Å². The fourth-order valence-electron chi connectivity index (χ4n) is 4.60. The standard InChI is InChI=1S/C26H25N5S/c1-2-6-19(7-3-1)23-17-31(29-28-23)24(18-30-14-12-27-13-15-30)20-10-11-26-22(16-20)21-8-4-5-9-25(21)32-26/h1-11,16-17,24,27H,12-15,18H2. The number of thiophene rings is 1. The summed E-state index contributed by atoms with van der Waals surface area (Å²) in [4.78, 5) is 2.53. The molecule has 1 aliphatic rings. The summed E-state index contributed by atoms with van der Waals surface area (Å²) >= 11 is 1.86. The predicted molar refractivity (Wildman–Crippen MR) is 132 cm³/mol. The van der Waals surface area contributed by atoms with E-state index in [0.29, 0.717) is 0 Å². The van der Waals surface area contributed by atoms with Crippen molar-refractivity contribution in [3.8, 4) is 11.3 Å². The molecule has 5 nitrogen and oxygen atoms in total.